The number of primary amides is 1. The highest BCUT2D eigenvalue weighted by molar-refractivity contribution is 6.18. The van der Waals surface area contributed by atoms with E-state index in [-0.39, 0.29) is 11.6 Å². The van der Waals surface area contributed by atoms with Crippen LogP contribution >= 0.6 is 0 Å². The first-order valence-electron chi connectivity index (χ1n) is 14.0. The summed E-state index contributed by atoms with van der Waals surface area (Å²) in [5, 5.41) is 13.1. The highest BCUT2D eigenvalue weighted by Gasteiger charge is 2.30. The van der Waals surface area contributed by atoms with Crippen LogP contribution in [0.25, 0.3) is 22.2 Å². The van der Waals surface area contributed by atoms with Crippen LogP contribution in [0, 0.1) is 17.7 Å². The molecule has 0 aliphatic rings. The van der Waals surface area contributed by atoms with Gasteiger partial charge in [-0.05, 0) is 64.3 Å². The van der Waals surface area contributed by atoms with Crippen LogP contribution < -0.4 is 27.4 Å². The Bertz CT molecular complexity index is 1680. The summed E-state index contributed by atoms with van der Waals surface area (Å²) in [7, 11) is 0. The molecule has 0 aliphatic heterocycles. The van der Waals surface area contributed by atoms with Gasteiger partial charge in [-0.25, -0.2) is 4.99 Å². The van der Waals surface area contributed by atoms with Crippen LogP contribution in [0.4, 0.5) is 11.4 Å². The Morgan fingerprint density at radius 1 is 1.20 bits per heavy atom. The van der Waals surface area contributed by atoms with Gasteiger partial charge in [0.15, 0.2) is 5.70 Å². The summed E-state index contributed by atoms with van der Waals surface area (Å²) in [4.78, 5) is 34.4. The zero-order valence-corrected chi connectivity index (χ0v) is 25.0. The SMILES string of the molecule is C=CC(C)(CCCC)C(=O)Nc1cc(C)ccc1C(C)=N/C(C(N)=O)=c1/[nH]c2ccc(N)c(C=N)c2/c1=C(/C)CC. The number of nitrogen functional groups attached to an aromatic ring is 1. The van der Waals surface area contributed by atoms with Crippen molar-refractivity contribution >= 4 is 57.3 Å². The number of H-pyrrole nitrogens is 1. The molecule has 8 heteroatoms. The lowest BCUT2D eigenvalue weighted by atomic mass is 9.84. The van der Waals surface area contributed by atoms with Crippen molar-refractivity contribution in [2.75, 3.05) is 11.1 Å². The van der Waals surface area contributed by atoms with Gasteiger partial charge in [-0.1, -0.05) is 50.5 Å². The maximum atomic E-state index is 13.4. The molecule has 0 bridgehead atoms. The Morgan fingerprint density at radius 3 is 2.49 bits per heavy atom. The second-order valence-electron chi connectivity index (χ2n) is 10.8. The third-order valence-corrected chi connectivity index (χ3v) is 7.72. The van der Waals surface area contributed by atoms with Gasteiger partial charge >= 0.3 is 0 Å². The third kappa shape index (κ3) is 6.32. The number of nitrogens with two attached hydrogens (primary N) is 2. The maximum absolute atomic E-state index is 13.4. The van der Waals surface area contributed by atoms with E-state index in [0.717, 1.165) is 40.1 Å². The summed E-state index contributed by atoms with van der Waals surface area (Å²) < 4.78 is 0. The van der Waals surface area contributed by atoms with E-state index in [4.69, 9.17) is 21.9 Å². The van der Waals surface area contributed by atoms with Crippen LogP contribution in [-0.4, -0.2) is 28.7 Å². The topological polar surface area (TPSA) is 150 Å². The first kappa shape index (κ1) is 31.1. The number of aromatic amines is 1. The third-order valence-electron chi connectivity index (χ3n) is 7.72. The van der Waals surface area contributed by atoms with E-state index >= 15 is 0 Å². The fourth-order valence-corrected chi connectivity index (χ4v) is 4.92. The van der Waals surface area contributed by atoms with E-state index in [2.05, 4.69) is 23.8 Å². The minimum absolute atomic E-state index is 0.0488. The molecule has 0 radical (unpaired) electrons. The van der Waals surface area contributed by atoms with E-state index in [1.807, 2.05) is 52.0 Å². The molecule has 3 rings (SSSR count). The van der Waals surface area contributed by atoms with Gasteiger partial charge in [0, 0.05) is 44.9 Å². The summed E-state index contributed by atoms with van der Waals surface area (Å²) in [5.41, 5.74) is 16.9. The number of unbranched alkanes of at least 4 members (excludes halogenated alkanes) is 1. The second-order valence-corrected chi connectivity index (χ2v) is 10.8. The predicted molar refractivity (Wildman–Crippen MR) is 172 cm³/mol. The van der Waals surface area contributed by atoms with Gasteiger partial charge in [-0.3, -0.25) is 9.59 Å². The van der Waals surface area contributed by atoms with Gasteiger partial charge in [-0.2, -0.15) is 0 Å². The van der Waals surface area contributed by atoms with Crippen LogP contribution in [0.5, 0.6) is 0 Å². The molecule has 0 saturated carbocycles. The summed E-state index contributed by atoms with van der Waals surface area (Å²) in [6.45, 7) is 15.6. The number of hydrogen-bond acceptors (Lipinski definition) is 5. The number of aryl methyl sites for hydroxylation is 1. The Morgan fingerprint density at radius 2 is 1.90 bits per heavy atom. The van der Waals surface area contributed by atoms with Crippen molar-refractivity contribution in [3.63, 3.8) is 0 Å². The normalized spacial score (nSPS) is 14.7. The maximum Gasteiger partial charge on any atom is 0.269 e. The number of fused-ring (bicyclic) bond motifs is 1. The lowest BCUT2D eigenvalue weighted by Crippen LogP contribution is -2.33. The molecule has 0 fully saturated rings. The van der Waals surface area contributed by atoms with Gasteiger partial charge in [0.05, 0.1) is 16.5 Å². The first-order chi connectivity index (χ1) is 19.4. The van der Waals surface area contributed by atoms with Gasteiger partial charge in [-0.15, -0.1) is 6.58 Å². The quantitative estimate of drug-likeness (QED) is 0.128. The largest absolute Gasteiger partial charge is 0.398 e. The summed E-state index contributed by atoms with van der Waals surface area (Å²) in [6, 6.07) is 9.25. The molecule has 1 aromatic heterocycles. The van der Waals surface area contributed by atoms with Crippen LogP contribution in [0.3, 0.4) is 0 Å². The Balaban J connectivity index is 2.31. The van der Waals surface area contributed by atoms with Crippen LogP contribution in [0.15, 0.2) is 48.0 Å². The van der Waals surface area contributed by atoms with Gasteiger partial charge in [0.1, 0.15) is 0 Å². The minimum atomic E-state index is -0.728. The molecule has 2 amide bonds. The fourth-order valence-electron chi connectivity index (χ4n) is 4.92. The summed E-state index contributed by atoms with van der Waals surface area (Å²) in [5.74, 6) is -0.857. The molecule has 1 atom stereocenters. The van der Waals surface area contributed by atoms with Crippen LogP contribution in [-0.2, 0) is 9.59 Å². The average molecular weight is 555 g/mol. The van der Waals surface area contributed by atoms with Crippen molar-refractivity contribution in [3.05, 3.63) is 70.2 Å². The molecule has 0 spiro atoms. The standard InChI is InChI=1S/C33H42N6O2/c1-8-11-16-33(7,10-3)32(41)39-26-17-19(4)12-13-22(26)21(6)37-30(31(36)40)29-27(20(5)9-2)28-23(18-34)24(35)14-15-25(28)38-29/h10,12-15,17-18,34,38H,3,8-9,11,16,35H2,1-2,4-7H3,(H2,36,40)(H,39,41)/b27-20+,30-29+,34-18?,37-21?. The number of hydrogen-bond donors (Lipinski definition) is 5. The number of aliphatic imine (C=N–C) groups is 1. The number of nitrogens with one attached hydrogen (secondary N) is 3. The van der Waals surface area contributed by atoms with Gasteiger partial charge in [0.2, 0.25) is 5.91 Å². The number of benzene rings is 2. The highest BCUT2D eigenvalue weighted by Crippen LogP contribution is 2.29. The number of rotatable bonds is 11. The molecule has 0 saturated heterocycles. The highest BCUT2D eigenvalue weighted by atomic mass is 16.2. The Labute approximate surface area is 241 Å². The van der Waals surface area contributed by atoms with Crippen molar-refractivity contribution in [1.82, 2.24) is 4.98 Å². The van der Waals surface area contributed by atoms with Crippen molar-refractivity contribution in [3.8, 4) is 0 Å². The number of carbonyl (C=O) groups is 2. The van der Waals surface area contributed by atoms with Crippen LogP contribution in [0.2, 0.25) is 0 Å². The molecular weight excluding hydrogens is 512 g/mol. The average Bonchev–Trinajstić information content (AvgIpc) is 3.33. The number of anilines is 2. The number of amides is 2. The molecule has 216 valence electrons. The number of aromatic nitrogens is 1. The molecule has 0 aliphatic carbocycles. The summed E-state index contributed by atoms with van der Waals surface area (Å²) in [6.07, 6.45) is 6.19. The lowest BCUT2D eigenvalue weighted by molar-refractivity contribution is -0.122. The van der Waals surface area contributed by atoms with Crippen molar-refractivity contribution < 1.29 is 9.59 Å². The molecule has 7 N–H and O–H groups in total. The first-order valence-corrected chi connectivity index (χ1v) is 14.0. The number of carbonyl (C=O) groups excluding carboxylic acids is 2. The van der Waals surface area contributed by atoms with E-state index < -0.39 is 11.3 Å². The zero-order valence-electron chi connectivity index (χ0n) is 25.0. The van der Waals surface area contributed by atoms with E-state index in [1.54, 1.807) is 19.1 Å². The monoisotopic (exact) mass is 554 g/mol. The molecular formula is C33H42N6O2. The van der Waals surface area contributed by atoms with E-state index in [1.165, 1.54) is 6.21 Å². The van der Waals surface area contributed by atoms with Crippen molar-refractivity contribution in [2.45, 2.75) is 67.2 Å². The van der Waals surface area contributed by atoms with E-state index in [9.17, 15) is 9.59 Å². The number of nitrogens with zero attached hydrogens (tertiary/aromatic N) is 1. The minimum Gasteiger partial charge on any atom is -0.398 e. The van der Waals surface area contributed by atoms with E-state index in [0.29, 0.717) is 46.4 Å². The van der Waals surface area contributed by atoms with Gasteiger partial charge in [0.25, 0.3) is 5.91 Å². The molecule has 1 unspecified atom stereocenters. The van der Waals surface area contributed by atoms with Crippen molar-refractivity contribution in [1.29, 1.82) is 5.41 Å². The smallest absolute Gasteiger partial charge is 0.269 e. The van der Waals surface area contributed by atoms with Crippen LogP contribution in [0.1, 0.15) is 77.0 Å². The Kier molecular flexibility index (Phi) is 9.71. The summed E-state index contributed by atoms with van der Waals surface area (Å²) >= 11 is 0. The Hall–Kier alpha value is -4.46. The molecule has 8 nitrogen and oxygen atoms in total. The van der Waals surface area contributed by atoms with Gasteiger partial charge < -0.3 is 27.2 Å². The van der Waals surface area contributed by atoms with Crippen molar-refractivity contribution in [2.24, 2.45) is 16.1 Å². The fraction of sp³-hybridized carbons (Fsp3) is 0.333. The molecule has 2 aromatic carbocycles. The molecule has 41 heavy (non-hydrogen) atoms. The second kappa shape index (κ2) is 12.8. The zero-order chi connectivity index (χ0) is 30.5. The molecule has 3 aromatic rings. The molecule has 1 heterocycles. The predicted octanol–water partition coefficient (Wildman–Crippen LogP) is 5.06. The lowest BCUT2D eigenvalue weighted by Gasteiger charge is -2.25.